The van der Waals surface area contributed by atoms with Gasteiger partial charge in [0.1, 0.15) is 0 Å². The van der Waals surface area contributed by atoms with Crippen molar-refractivity contribution in [2.45, 2.75) is 32.6 Å². The number of benzene rings is 1. The summed E-state index contributed by atoms with van der Waals surface area (Å²) in [6.07, 6.45) is 4.65. The van der Waals surface area contributed by atoms with E-state index in [1.165, 1.54) is 22.5 Å². The first-order chi connectivity index (χ1) is 8.60. The second-order valence-electron chi connectivity index (χ2n) is 6.44. The van der Waals surface area contributed by atoms with Gasteiger partial charge >= 0.3 is 0 Å². The van der Waals surface area contributed by atoms with Crippen LogP contribution in [0.15, 0.2) is 40.8 Å². The quantitative estimate of drug-likeness (QED) is 0.632. The summed E-state index contributed by atoms with van der Waals surface area (Å²) in [6.45, 7) is 4.85. The lowest BCUT2D eigenvalue weighted by Gasteiger charge is -2.24. The van der Waals surface area contributed by atoms with E-state index in [2.05, 4.69) is 56.8 Å². The maximum Gasteiger partial charge on any atom is -0.00272 e. The standard InChI is InChI=1S/C17H18S/c1-17(2)15-12-6-4-3-5-11(12)14-9-10(18)7-8-13(14)16(15)17/h3-6,9,15-16,18H,7-8H2,1-2H3. The molecule has 1 aromatic rings. The molecule has 1 saturated carbocycles. The summed E-state index contributed by atoms with van der Waals surface area (Å²) in [5, 5.41) is 0. The minimum absolute atomic E-state index is 0.454. The summed E-state index contributed by atoms with van der Waals surface area (Å²) in [6, 6.07) is 8.97. The molecule has 0 radical (unpaired) electrons. The molecule has 0 aliphatic heterocycles. The van der Waals surface area contributed by atoms with E-state index in [0.29, 0.717) is 5.41 Å². The molecule has 3 aliphatic rings. The summed E-state index contributed by atoms with van der Waals surface area (Å²) in [5.74, 6) is 1.53. The minimum Gasteiger partial charge on any atom is -0.148 e. The van der Waals surface area contributed by atoms with Crippen molar-refractivity contribution in [1.29, 1.82) is 0 Å². The van der Waals surface area contributed by atoms with Gasteiger partial charge in [-0.05, 0) is 57.8 Å². The highest BCUT2D eigenvalue weighted by atomic mass is 32.1. The number of thiol groups is 1. The lowest BCUT2D eigenvalue weighted by Crippen LogP contribution is -2.07. The van der Waals surface area contributed by atoms with Crippen LogP contribution in [0.3, 0.4) is 0 Å². The number of allylic oxidation sites excluding steroid dienone is 4. The Morgan fingerprint density at radius 2 is 1.89 bits per heavy atom. The van der Waals surface area contributed by atoms with Gasteiger partial charge in [-0.2, -0.15) is 0 Å². The molecular weight excluding hydrogens is 236 g/mol. The monoisotopic (exact) mass is 254 g/mol. The highest BCUT2D eigenvalue weighted by Crippen LogP contribution is 2.72. The molecule has 4 rings (SSSR count). The largest absolute Gasteiger partial charge is 0.148 e. The smallest absolute Gasteiger partial charge is 0.00272 e. The topological polar surface area (TPSA) is 0 Å². The van der Waals surface area contributed by atoms with Crippen LogP contribution in [0.25, 0.3) is 5.57 Å². The fourth-order valence-electron chi connectivity index (χ4n) is 4.18. The Bertz CT molecular complexity index is 604. The Morgan fingerprint density at radius 3 is 2.72 bits per heavy atom. The van der Waals surface area contributed by atoms with Crippen LogP contribution < -0.4 is 0 Å². The first-order valence-corrected chi connectivity index (χ1v) is 7.27. The maximum absolute atomic E-state index is 4.58. The van der Waals surface area contributed by atoms with Crippen LogP contribution in [0, 0.1) is 11.3 Å². The van der Waals surface area contributed by atoms with Crippen molar-refractivity contribution in [1.82, 2.24) is 0 Å². The fraction of sp³-hybridized carbons (Fsp3) is 0.412. The lowest BCUT2D eigenvalue weighted by atomic mass is 9.81. The zero-order chi connectivity index (χ0) is 12.5. The van der Waals surface area contributed by atoms with Crippen LogP contribution in [-0.4, -0.2) is 0 Å². The van der Waals surface area contributed by atoms with E-state index in [0.717, 1.165) is 18.3 Å². The third-order valence-corrected chi connectivity index (χ3v) is 5.45. The van der Waals surface area contributed by atoms with Gasteiger partial charge in [-0.1, -0.05) is 43.7 Å². The molecule has 0 N–H and O–H groups in total. The molecule has 92 valence electrons. The molecule has 18 heavy (non-hydrogen) atoms. The molecule has 0 amide bonds. The van der Waals surface area contributed by atoms with E-state index in [9.17, 15) is 0 Å². The van der Waals surface area contributed by atoms with Gasteiger partial charge in [-0.25, -0.2) is 0 Å². The van der Waals surface area contributed by atoms with Crippen LogP contribution >= 0.6 is 12.6 Å². The van der Waals surface area contributed by atoms with Gasteiger partial charge < -0.3 is 0 Å². The average molecular weight is 254 g/mol. The summed E-state index contributed by atoms with van der Waals surface area (Å²) in [5.41, 5.74) is 6.65. The number of hydrogen-bond donors (Lipinski definition) is 1. The molecule has 0 nitrogen and oxygen atoms in total. The van der Waals surface area contributed by atoms with Gasteiger partial charge in [0.15, 0.2) is 0 Å². The summed E-state index contributed by atoms with van der Waals surface area (Å²) in [7, 11) is 0. The molecule has 0 heterocycles. The van der Waals surface area contributed by atoms with Crippen molar-refractivity contribution in [2.75, 3.05) is 0 Å². The normalized spacial score (nSPS) is 31.2. The zero-order valence-corrected chi connectivity index (χ0v) is 11.8. The van der Waals surface area contributed by atoms with Gasteiger partial charge in [0.25, 0.3) is 0 Å². The molecular formula is C17H18S. The Labute approximate surface area is 114 Å². The predicted octanol–water partition coefficient (Wildman–Crippen LogP) is 4.80. The summed E-state index contributed by atoms with van der Waals surface area (Å²) in [4.78, 5) is 1.24. The van der Waals surface area contributed by atoms with Gasteiger partial charge in [0.05, 0.1) is 0 Å². The van der Waals surface area contributed by atoms with Crippen molar-refractivity contribution in [2.24, 2.45) is 11.3 Å². The molecule has 0 aromatic heterocycles. The second-order valence-corrected chi connectivity index (χ2v) is 7.01. The van der Waals surface area contributed by atoms with Crippen molar-refractivity contribution in [3.05, 3.63) is 51.9 Å². The van der Waals surface area contributed by atoms with E-state index in [1.807, 2.05) is 0 Å². The van der Waals surface area contributed by atoms with E-state index < -0.39 is 0 Å². The maximum atomic E-state index is 4.58. The molecule has 0 bridgehead atoms. The lowest BCUT2D eigenvalue weighted by molar-refractivity contribution is 0.579. The second kappa shape index (κ2) is 3.33. The zero-order valence-electron chi connectivity index (χ0n) is 10.9. The minimum atomic E-state index is 0.454. The van der Waals surface area contributed by atoms with Crippen molar-refractivity contribution < 1.29 is 0 Å². The molecule has 0 saturated heterocycles. The Balaban J connectivity index is 1.99. The molecule has 2 unspecified atom stereocenters. The number of rotatable bonds is 0. The SMILES string of the molecule is CC1(C)C2C3=C(C=C(S)CC3)c3ccccc3C21. The van der Waals surface area contributed by atoms with E-state index >= 15 is 0 Å². The van der Waals surface area contributed by atoms with Gasteiger partial charge in [0.2, 0.25) is 0 Å². The van der Waals surface area contributed by atoms with Crippen LogP contribution in [0.4, 0.5) is 0 Å². The summed E-state index contributed by atoms with van der Waals surface area (Å²) < 4.78 is 0. The highest BCUT2D eigenvalue weighted by molar-refractivity contribution is 7.84. The van der Waals surface area contributed by atoms with Gasteiger partial charge in [0, 0.05) is 0 Å². The Kier molecular flexibility index (Phi) is 2.02. The molecule has 3 aliphatic carbocycles. The molecule has 1 heteroatoms. The molecule has 1 fully saturated rings. The van der Waals surface area contributed by atoms with Crippen LogP contribution in [0.5, 0.6) is 0 Å². The highest BCUT2D eigenvalue weighted by Gasteiger charge is 2.62. The van der Waals surface area contributed by atoms with E-state index in [1.54, 1.807) is 11.1 Å². The Morgan fingerprint density at radius 1 is 1.11 bits per heavy atom. The van der Waals surface area contributed by atoms with Crippen LogP contribution in [0.1, 0.15) is 43.7 Å². The molecule has 2 atom stereocenters. The summed E-state index contributed by atoms with van der Waals surface area (Å²) >= 11 is 4.58. The first-order valence-electron chi connectivity index (χ1n) is 6.82. The number of fused-ring (bicyclic) bond motifs is 5. The van der Waals surface area contributed by atoms with E-state index in [-0.39, 0.29) is 0 Å². The van der Waals surface area contributed by atoms with Crippen LogP contribution in [-0.2, 0) is 0 Å². The average Bonchev–Trinajstić information content (AvgIpc) is 2.93. The first kappa shape index (κ1) is 10.9. The molecule has 0 spiro atoms. The van der Waals surface area contributed by atoms with Crippen molar-refractivity contribution >= 4 is 18.2 Å². The number of hydrogen-bond acceptors (Lipinski definition) is 1. The Hall–Kier alpha value is -0.950. The van der Waals surface area contributed by atoms with Gasteiger partial charge in [-0.3, -0.25) is 0 Å². The van der Waals surface area contributed by atoms with Crippen molar-refractivity contribution in [3.8, 4) is 0 Å². The predicted molar refractivity (Wildman–Crippen MR) is 79.7 cm³/mol. The van der Waals surface area contributed by atoms with Gasteiger partial charge in [-0.15, -0.1) is 12.6 Å². The van der Waals surface area contributed by atoms with E-state index in [4.69, 9.17) is 0 Å². The van der Waals surface area contributed by atoms with Crippen molar-refractivity contribution in [3.63, 3.8) is 0 Å². The fourth-order valence-corrected chi connectivity index (χ4v) is 4.43. The third kappa shape index (κ3) is 1.23. The van der Waals surface area contributed by atoms with Crippen LogP contribution in [0.2, 0.25) is 0 Å². The third-order valence-electron chi connectivity index (χ3n) is 5.10. The molecule has 1 aromatic carbocycles.